The van der Waals surface area contributed by atoms with E-state index in [1.807, 2.05) is 23.8 Å². The van der Waals surface area contributed by atoms with Crippen LogP contribution in [0.1, 0.15) is 19.4 Å². The third-order valence-corrected chi connectivity index (χ3v) is 6.21. The lowest BCUT2D eigenvalue weighted by molar-refractivity contribution is 0.0677. The van der Waals surface area contributed by atoms with Crippen molar-refractivity contribution < 1.29 is 13.5 Å². The minimum Gasteiger partial charge on any atom is -0.383 e. The molecule has 0 amide bonds. The fraction of sp³-hybridized carbons (Fsp3) is 0.389. The Bertz CT molecular complexity index is 801. The molecule has 142 valence electrons. The molecule has 1 aromatic heterocycles. The fourth-order valence-corrected chi connectivity index (χ4v) is 4.25. The zero-order valence-corrected chi connectivity index (χ0v) is 16.6. The van der Waals surface area contributed by atoms with Crippen molar-refractivity contribution in [3.8, 4) is 0 Å². The maximum absolute atomic E-state index is 12.3. The molecule has 0 bridgehead atoms. The van der Waals surface area contributed by atoms with Crippen LogP contribution in [-0.2, 0) is 15.4 Å². The van der Waals surface area contributed by atoms with Gasteiger partial charge in [-0.25, -0.2) is 13.4 Å². The Morgan fingerprint density at radius 3 is 2.58 bits per heavy atom. The summed E-state index contributed by atoms with van der Waals surface area (Å²) < 4.78 is 24.6. The van der Waals surface area contributed by atoms with E-state index in [0.717, 1.165) is 5.56 Å². The number of aliphatic imine (C=N–C) groups is 1. The molecule has 0 spiro atoms. The molecule has 1 aromatic carbocycles. The highest BCUT2D eigenvalue weighted by Gasteiger charge is 2.23. The average Bonchev–Trinajstić information content (AvgIpc) is 3.16. The van der Waals surface area contributed by atoms with E-state index in [4.69, 9.17) is 0 Å². The molecule has 0 fully saturated rings. The Balaban J connectivity index is 1.95. The molecule has 0 saturated heterocycles. The summed E-state index contributed by atoms with van der Waals surface area (Å²) in [6.45, 7) is 4.67. The summed E-state index contributed by atoms with van der Waals surface area (Å²) in [7, 11) is -3.34. The first kappa shape index (κ1) is 20.4. The predicted octanol–water partition coefficient (Wildman–Crippen LogP) is 1.98. The average molecular weight is 396 g/mol. The van der Waals surface area contributed by atoms with Gasteiger partial charge in [-0.1, -0.05) is 18.2 Å². The number of aliphatic hydroxyl groups is 1. The fourth-order valence-electron chi connectivity index (χ4n) is 2.29. The van der Waals surface area contributed by atoms with Gasteiger partial charge in [-0.2, -0.15) is 11.3 Å². The van der Waals surface area contributed by atoms with Crippen LogP contribution in [0.4, 0.5) is 0 Å². The van der Waals surface area contributed by atoms with Gasteiger partial charge in [0.05, 0.1) is 17.2 Å². The van der Waals surface area contributed by atoms with Gasteiger partial charge < -0.3 is 15.7 Å². The van der Waals surface area contributed by atoms with E-state index in [-0.39, 0.29) is 18.8 Å². The van der Waals surface area contributed by atoms with Crippen LogP contribution in [0, 0.1) is 0 Å². The first-order valence-electron chi connectivity index (χ1n) is 8.40. The second-order valence-electron chi connectivity index (χ2n) is 6.04. The van der Waals surface area contributed by atoms with E-state index < -0.39 is 15.4 Å². The van der Waals surface area contributed by atoms with Gasteiger partial charge in [0.1, 0.15) is 5.60 Å². The van der Waals surface area contributed by atoms with Gasteiger partial charge in [-0.15, -0.1) is 0 Å². The van der Waals surface area contributed by atoms with Crippen molar-refractivity contribution in [1.82, 2.24) is 10.6 Å². The van der Waals surface area contributed by atoms with Gasteiger partial charge in [0, 0.05) is 13.1 Å². The monoisotopic (exact) mass is 395 g/mol. The summed E-state index contributed by atoms with van der Waals surface area (Å²) in [5.74, 6) is 0.439. The molecule has 0 aliphatic rings. The molecule has 0 saturated carbocycles. The van der Waals surface area contributed by atoms with E-state index in [1.54, 1.807) is 37.3 Å². The molecule has 1 atom stereocenters. The number of hydrogen-bond acceptors (Lipinski definition) is 5. The molecule has 0 aliphatic heterocycles. The molecule has 0 radical (unpaired) electrons. The Morgan fingerprint density at radius 1 is 1.23 bits per heavy atom. The van der Waals surface area contributed by atoms with Gasteiger partial charge in [-0.05, 0) is 48.4 Å². The quantitative estimate of drug-likeness (QED) is 0.470. The maximum atomic E-state index is 12.3. The lowest BCUT2D eigenvalue weighted by atomic mass is 10.00. The number of benzene rings is 1. The third kappa shape index (κ3) is 5.82. The van der Waals surface area contributed by atoms with E-state index in [9.17, 15) is 13.5 Å². The maximum Gasteiger partial charge on any atom is 0.191 e. The second kappa shape index (κ2) is 9.16. The van der Waals surface area contributed by atoms with Crippen LogP contribution in [0.5, 0.6) is 0 Å². The smallest absolute Gasteiger partial charge is 0.191 e. The number of guanidine groups is 1. The predicted molar refractivity (Wildman–Crippen MR) is 106 cm³/mol. The highest BCUT2D eigenvalue weighted by Crippen LogP contribution is 2.23. The SMILES string of the molecule is CCNC(=NCC(C)(O)c1ccsc1)NCCS(=O)(=O)c1ccccc1. The number of nitrogens with zero attached hydrogens (tertiary/aromatic N) is 1. The van der Waals surface area contributed by atoms with Crippen LogP contribution in [-0.4, -0.2) is 44.9 Å². The molecular formula is C18H25N3O3S2. The first-order valence-corrected chi connectivity index (χ1v) is 11.0. The van der Waals surface area contributed by atoms with E-state index in [0.29, 0.717) is 17.4 Å². The van der Waals surface area contributed by atoms with Gasteiger partial charge >= 0.3 is 0 Å². The number of hydrogen-bond donors (Lipinski definition) is 3. The number of thiophene rings is 1. The van der Waals surface area contributed by atoms with Crippen molar-refractivity contribution in [3.05, 3.63) is 52.7 Å². The minimum absolute atomic E-state index is 0.0393. The molecule has 26 heavy (non-hydrogen) atoms. The summed E-state index contributed by atoms with van der Waals surface area (Å²) >= 11 is 1.52. The van der Waals surface area contributed by atoms with E-state index in [2.05, 4.69) is 15.6 Å². The zero-order chi connectivity index (χ0) is 19.0. The molecule has 1 unspecified atom stereocenters. The molecule has 8 heteroatoms. The second-order valence-corrected chi connectivity index (χ2v) is 8.93. The van der Waals surface area contributed by atoms with Crippen LogP contribution in [0.2, 0.25) is 0 Å². The Kier molecular flexibility index (Phi) is 7.19. The van der Waals surface area contributed by atoms with Crippen molar-refractivity contribution in [3.63, 3.8) is 0 Å². The van der Waals surface area contributed by atoms with Crippen molar-refractivity contribution in [2.24, 2.45) is 4.99 Å². The molecule has 0 aliphatic carbocycles. The highest BCUT2D eigenvalue weighted by atomic mass is 32.2. The highest BCUT2D eigenvalue weighted by molar-refractivity contribution is 7.91. The third-order valence-electron chi connectivity index (χ3n) is 3.80. The molecule has 6 nitrogen and oxygen atoms in total. The van der Waals surface area contributed by atoms with E-state index >= 15 is 0 Å². The molecule has 2 rings (SSSR count). The van der Waals surface area contributed by atoms with Crippen molar-refractivity contribution in [2.75, 3.05) is 25.4 Å². The van der Waals surface area contributed by atoms with Gasteiger partial charge in [-0.3, -0.25) is 0 Å². The van der Waals surface area contributed by atoms with Crippen LogP contribution < -0.4 is 10.6 Å². The number of sulfone groups is 1. The summed E-state index contributed by atoms with van der Waals surface area (Å²) in [6.07, 6.45) is 0. The van der Waals surface area contributed by atoms with Crippen LogP contribution in [0.3, 0.4) is 0 Å². The Hall–Kier alpha value is -1.90. The summed E-state index contributed by atoms with van der Waals surface area (Å²) in [5, 5.41) is 20.4. The topological polar surface area (TPSA) is 90.8 Å². The molecule has 3 N–H and O–H groups in total. The lowest BCUT2D eigenvalue weighted by Gasteiger charge is -2.21. The Morgan fingerprint density at radius 2 is 1.96 bits per heavy atom. The summed E-state index contributed by atoms with van der Waals surface area (Å²) in [4.78, 5) is 4.70. The van der Waals surface area contributed by atoms with Crippen LogP contribution in [0.15, 0.2) is 57.0 Å². The van der Waals surface area contributed by atoms with Crippen molar-refractivity contribution >= 4 is 27.1 Å². The Labute approximate surface area is 158 Å². The largest absolute Gasteiger partial charge is 0.383 e. The van der Waals surface area contributed by atoms with E-state index in [1.165, 1.54) is 11.3 Å². The van der Waals surface area contributed by atoms with Crippen LogP contribution in [0.25, 0.3) is 0 Å². The number of nitrogens with one attached hydrogen (secondary N) is 2. The number of rotatable bonds is 8. The van der Waals surface area contributed by atoms with Crippen LogP contribution >= 0.6 is 11.3 Å². The summed E-state index contributed by atoms with van der Waals surface area (Å²) in [6, 6.07) is 10.2. The molecule has 1 heterocycles. The van der Waals surface area contributed by atoms with Gasteiger partial charge in [0.15, 0.2) is 15.8 Å². The molecular weight excluding hydrogens is 370 g/mol. The first-order chi connectivity index (χ1) is 12.3. The van der Waals surface area contributed by atoms with Crippen molar-refractivity contribution in [2.45, 2.75) is 24.3 Å². The zero-order valence-electron chi connectivity index (χ0n) is 15.0. The van der Waals surface area contributed by atoms with Gasteiger partial charge in [0.2, 0.25) is 0 Å². The van der Waals surface area contributed by atoms with Crippen molar-refractivity contribution in [1.29, 1.82) is 0 Å². The normalized spacial score (nSPS) is 14.7. The molecule has 2 aromatic rings. The minimum atomic E-state index is -3.34. The lowest BCUT2D eigenvalue weighted by Crippen LogP contribution is -2.40. The van der Waals surface area contributed by atoms with Gasteiger partial charge in [0.25, 0.3) is 0 Å². The standard InChI is InChI=1S/C18H25N3O3S2/c1-3-19-17(21-14-18(2,22)15-9-11-25-13-15)20-10-12-26(23,24)16-7-5-4-6-8-16/h4-9,11,13,22H,3,10,12,14H2,1-2H3,(H2,19,20,21). The summed E-state index contributed by atoms with van der Waals surface area (Å²) in [5.41, 5.74) is -0.257.